The van der Waals surface area contributed by atoms with Gasteiger partial charge in [0.15, 0.2) is 23.3 Å². The first kappa shape index (κ1) is 36.7. The molecule has 2 aromatic rings. The molecule has 0 bridgehead atoms. The van der Waals surface area contributed by atoms with Crippen LogP contribution in [0, 0.1) is 58.7 Å². The molecule has 0 spiro atoms. The molecule has 0 amide bonds. The highest BCUT2D eigenvalue weighted by Gasteiger charge is 2.44. The second kappa shape index (κ2) is 16.0. The van der Waals surface area contributed by atoms with E-state index in [-0.39, 0.29) is 36.0 Å². The largest absolute Gasteiger partial charge is 0.432 e. The van der Waals surface area contributed by atoms with Gasteiger partial charge in [-0.25, -0.2) is 30.7 Å². The first-order valence-electron chi connectivity index (χ1n) is 16.8. The van der Waals surface area contributed by atoms with Crippen molar-refractivity contribution in [2.45, 2.75) is 89.1 Å². The number of rotatable bonds is 10. The minimum Gasteiger partial charge on any atom is -0.432 e. The molecule has 0 heterocycles. The fraction of sp³-hybridized carbons (Fsp3) is 0.568. The standard InChI is InChI=1S/C37H41F9OS/c1-48-20-33(42)35(43)26-16-29(38)34(30(39)17-26)25-12-10-24(11-13-25)23-8-4-21(5-9-23)2-3-22-6-14-27(15-7-22)37(45,46)47-28-18-31(40)36(44)32(41)19-28/h2-3,16-19,21-25,27H,4-15,20H2,1H3. The van der Waals surface area contributed by atoms with E-state index in [0.717, 1.165) is 62.4 Å². The summed E-state index contributed by atoms with van der Waals surface area (Å²) in [5.41, 5.74) is -0.451. The number of hydrogen-bond acceptors (Lipinski definition) is 2. The molecular weight excluding hydrogens is 663 g/mol. The molecule has 3 aliphatic rings. The molecule has 0 radical (unpaired) electrons. The summed E-state index contributed by atoms with van der Waals surface area (Å²) in [7, 11) is 0. The van der Waals surface area contributed by atoms with Crippen molar-refractivity contribution in [3.05, 3.63) is 82.5 Å². The van der Waals surface area contributed by atoms with Gasteiger partial charge in [0.1, 0.15) is 23.2 Å². The number of benzene rings is 2. The molecule has 2 aromatic carbocycles. The highest BCUT2D eigenvalue weighted by molar-refractivity contribution is 7.98. The summed E-state index contributed by atoms with van der Waals surface area (Å²) >= 11 is 1.08. The zero-order chi connectivity index (χ0) is 34.6. The van der Waals surface area contributed by atoms with Crippen LogP contribution in [0.2, 0.25) is 0 Å². The van der Waals surface area contributed by atoms with Gasteiger partial charge in [0.2, 0.25) is 0 Å². The van der Waals surface area contributed by atoms with Crippen LogP contribution in [-0.4, -0.2) is 18.1 Å². The van der Waals surface area contributed by atoms with Gasteiger partial charge in [0, 0.05) is 29.0 Å². The van der Waals surface area contributed by atoms with Crippen molar-refractivity contribution in [3.8, 4) is 5.75 Å². The predicted molar refractivity (Wildman–Crippen MR) is 171 cm³/mol. The molecule has 5 rings (SSSR count). The first-order chi connectivity index (χ1) is 22.9. The first-order valence-corrected chi connectivity index (χ1v) is 18.2. The van der Waals surface area contributed by atoms with Gasteiger partial charge in [-0.05, 0) is 125 Å². The van der Waals surface area contributed by atoms with E-state index in [1.54, 1.807) is 6.26 Å². The Hall–Kier alpha value is -2.56. The van der Waals surface area contributed by atoms with E-state index >= 15 is 0 Å². The zero-order valence-corrected chi connectivity index (χ0v) is 27.7. The van der Waals surface area contributed by atoms with E-state index in [0.29, 0.717) is 55.6 Å². The minimum atomic E-state index is -3.64. The maximum atomic E-state index is 15.0. The lowest BCUT2D eigenvalue weighted by atomic mass is 9.68. The molecule has 0 atom stereocenters. The molecule has 3 aliphatic carbocycles. The van der Waals surface area contributed by atoms with E-state index in [1.807, 2.05) is 0 Å². The molecule has 0 N–H and O–H groups in total. The Balaban J connectivity index is 1.05. The number of halogens is 9. The van der Waals surface area contributed by atoms with Gasteiger partial charge >= 0.3 is 6.11 Å². The van der Waals surface area contributed by atoms with E-state index in [9.17, 15) is 39.5 Å². The number of ether oxygens (including phenoxy) is 1. The number of thioether (sulfide) groups is 1. The van der Waals surface area contributed by atoms with E-state index in [2.05, 4.69) is 16.9 Å². The Morgan fingerprint density at radius 1 is 0.708 bits per heavy atom. The monoisotopic (exact) mass is 704 g/mol. The summed E-state index contributed by atoms with van der Waals surface area (Å²) in [6.45, 7) is 0. The summed E-state index contributed by atoms with van der Waals surface area (Å²) in [4.78, 5) is 0. The third kappa shape index (κ3) is 8.77. The lowest BCUT2D eigenvalue weighted by Gasteiger charge is -2.37. The molecule has 1 nitrogen and oxygen atoms in total. The van der Waals surface area contributed by atoms with Gasteiger partial charge in [-0.15, -0.1) is 0 Å². The van der Waals surface area contributed by atoms with Crippen molar-refractivity contribution >= 4 is 17.6 Å². The maximum Gasteiger partial charge on any atom is 0.400 e. The molecular formula is C37H41F9OS. The Bertz CT molecular complexity index is 1420. The minimum absolute atomic E-state index is 0.0342. The average Bonchev–Trinajstić information content (AvgIpc) is 3.06. The van der Waals surface area contributed by atoms with Crippen molar-refractivity contribution in [1.82, 2.24) is 0 Å². The summed E-state index contributed by atoms with van der Waals surface area (Å²) < 4.78 is 132. The quantitative estimate of drug-likeness (QED) is 0.138. The summed E-state index contributed by atoms with van der Waals surface area (Å²) in [6, 6.07) is 2.63. The Kier molecular flexibility index (Phi) is 12.2. The average molecular weight is 705 g/mol. The highest BCUT2D eigenvalue weighted by Crippen LogP contribution is 2.46. The normalized spacial score (nSPS) is 27.6. The number of allylic oxidation sites excluding steroid dienone is 2. The van der Waals surface area contributed by atoms with Crippen LogP contribution < -0.4 is 4.74 Å². The summed E-state index contributed by atoms with van der Waals surface area (Å²) in [6.07, 6.45) is 10.9. The number of alkyl halides is 2. The topological polar surface area (TPSA) is 9.23 Å². The van der Waals surface area contributed by atoms with Crippen LogP contribution in [0.1, 0.15) is 94.1 Å². The smallest absolute Gasteiger partial charge is 0.400 e. The van der Waals surface area contributed by atoms with Gasteiger partial charge in [0.25, 0.3) is 0 Å². The molecule has 0 unspecified atom stereocenters. The van der Waals surface area contributed by atoms with Crippen molar-refractivity contribution in [3.63, 3.8) is 0 Å². The maximum absolute atomic E-state index is 15.0. The molecule has 0 aromatic heterocycles. The molecule has 264 valence electrons. The second-order valence-electron chi connectivity index (χ2n) is 13.7. The van der Waals surface area contributed by atoms with E-state index in [1.165, 1.54) is 0 Å². The zero-order valence-electron chi connectivity index (χ0n) is 26.8. The van der Waals surface area contributed by atoms with E-state index < -0.39 is 64.1 Å². The Morgan fingerprint density at radius 3 is 1.69 bits per heavy atom. The summed E-state index contributed by atoms with van der Waals surface area (Å²) in [5.74, 6) is -9.65. The fourth-order valence-electron chi connectivity index (χ4n) is 7.93. The van der Waals surface area contributed by atoms with Crippen LogP contribution in [0.5, 0.6) is 5.75 Å². The van der Waals surface area contributed by atoms with Gasteiger partial charge in [-0.2, -0.15) is 20.5 Å². The highest BCUT2D eigenvalue weighted by atomic mass is 32.2. The summed E-state index contributed by atoms with van der Waals surface area (Å²) in [5, 5.41) is 0. The molecule has 3 saturated carbocycles. The van der Waals surface area contributed by atoms with Gasteiger partial charge in [-0.1, -0.05) is 12.2 Å². The van der Waals surface area contributed by atoms with Gasteiger partial charge in [0.05, 0.1) is 5.92 Å². The molecule has 48 heavy (non-hydrogen) atoms. The Labute approximate surface area is 280 Å². The third-order valence-corrected chi connectivity index (χ3v) is 11.2. The van der Waals surface area contributed by atoms with Crippen LogP contribution in [0.25, 0.3) is 5.83 Å². The molecule has 3 fully saturated rings. The Morgan fingerprint density at radius 2 is 1.19 bits per heavy atom. The van der Waals surface area contributed by atoms with Crippen molar-refractivity contribution in [2.75, 3.05) is 12.0 Å². The SMILES string of the molecule is CSCC(F)=C(F)c1cc(F)c(C2CCC(C3CCC(C=CC4CCC(C(F)(F)Oc5cc(F)c(F)c(F)c5)CC4)CC3)CC2)c(F)c1. The second-order valence-corrected chi connectivity index (χ2v) is 14.5. The number of hydrogen-bond donors (Lipinski definition) is 0. The van der Waals surface area contributed by atoms with Crippen molar-refractivity contribution in [2.24, 2.45) is 29.6 Å². The third-order valence-electron chi connectivity index (χ3n) is 10.6. The lowest BCUT2D eigenvalue weighted by Crippen LogP contribution is -2.37. The van der Waals surface area contributed by atoms with Crippen molar-refractivity contribution < 1.29 is 44.3 Å². The molecule has 0 saturated heterocycles. The molecule has 0 aliphatic heterocycles. The predicted octanol–water partition coefficient (Wildman–Crippen LogP) is 12.5. The van der Waals surface area contributed by atoms with Crippen LogP contribution >= 0.6 is 11.8 Å². The fourth-order valence-corrected chi connectivity index (χ4v) is 8.31. The molecule has 11 heteroatoms. The lowest BCUT2D eigenvalue weighted by molar-refractivity contribution is -0.223. The van der Waals surface area contributed by atoms with E-state index in [4.69, 9.17) is 0 Å². The van der Waals surface area contributed by atoms with Crippen LogP contribution in [-0.2, 0) is 0 Å². The van der Waals surface area contributed by atoms with Crippen LogP contribution in [0.4, 0.5) is 39.5 Å². The van der Waals surface area contributed by atoms with Crippen LogP contribution in [0.15, 0.2) is 42.2 Å². The van der Waals surface area contributed by atoms with Gasteiger partial charge < -0.3 is 4.74 Å². The van der Waals surface area contributed by atoms with Crippen LogP contribution in [0.3, 0.4) is 0 Å². The van der Waals surface area contributed by atoms with Crippen molar-refractivity contribution in [1.29, 1.82) is 0 Å². The van der Waals surface area contributed by atoms with Gasteiger partial charge in [-0.3, -0.25) is 0 Å².